The number of amides is 1. The highest BCUT2D eigenvalue weighted by molar-refractivity contribution is 5.76. The molecule has 3 saturated heterocycles. The molecule has 0 aromatic rings. The van der Waals surface area contributed by atoms with Gasteiger partial charge >= 0.3 is 0 Å². The Bertz CT molecular complexity index is 1870. The third kappa shape index (κ3) is 43.3. The summed E-state index contributed by atoms with van der Waals surface area (Å²) in [4.78, 5) is 13.5. The van der Waals surface area contributed by atoms with Crippen molar-refractivity contribution in [2.24, 2.45) is 0 Å². The number of unbranched alkanes of at least 4 members (excludes halogenated alkanes) is 51. The molecule has 0 radical (unpaired) electrons. The second-order valence-corrected chi connectivity index (χ2v) is 30.7. The van der Waals surface area contributed by atoms with E-state index in [2.05, 4.69) is 31.3 Å². The van der Waals surface area contributed by atoms with Crippen LogP contribution in [0.3, 0.4) is 0 Å². The minimum Gasteiger partial charge on any atom is -0.394 e. The Labute approximate surface area is 614 Å². The SMILES string of the molecule is CCCCCCCCCC/C=C\CCCCCCCCCCCCCCCCCCCCCCCC(=O)NC(COC1OC(CO)C(OC2OC(CO)C(OC3OC(CO)C(O)C(O)C3O)C(O)C2O)C(O)C1O)C(O)CCCCCCCCCCCCCCCCCCCCCCCCC. The molecule has 19 heteroatoms. The summed E-state index contributed by atoms with van der Waals surface area (Å²) in [5.74, 6) is -0.233. The normalized spacial score (nSPS) is 26.3. The summed E-state index contributed by atoms with van der Waals surface area (Å²) >= 11 is 0. The van der Waals surface area contributed by atoms with Gasteiger partial charge in [-0.1, -0.05) is 341 Å². The van der Waals surface area contributed by atoms with Crippen LogP contribution in [0.2, 0.25) is 0 Å². The third-order valence-corrected chi connectivity index (χ3v) is 21.6. The monoisotopic (exact) mass is 1440 g/mol. The molecule has 3 heterocycles. The van der Waals surface area contributed by atoms with Crippen LogP contribution >= 0.6 is 0 Å². The molecule has 0 aliphatic carbocycles. The van der Waals surface area contributed by atoms with Crippen LogP contribution in [-0.2, 0) is 33.2 Å². The summed E-state index contributed by atoms with van der Waals surface area (Å²) in [6.45, 7) is 1.87. The first-order valence-corrected chi connectivity index (χ1v) is 42.4. The Kier molecular flexibility index (Phi) is 58.9. The Morgan fingerprint density at radius 3 is 0.960 bits per heavy atom. The fourth-order valence-corrected chi connectivity index (χ4v) is 14.8. The molecular weight excluding hydrogens is 1290 g/mol. The number of aliphatic hydroxyl groups is 11. The van der Waals surface area contributed by atoms with Crippen LogP contribution in [0.15, 0.2) is 12.2 Å². The molecule has 3 rings (SSSR count). The number of carbonyl (C=O) groups excluding carboxylic acids is 1. The molecule has 0 spiro atoms. The van der Waals surface area contributed by atoms with Gasteiger partial charge in [-0.3, -0.25) is 4.79 Å². The van der Waals surface area contributed by atoms with Crippen LogP contribution in [0.5, 0.6) is 0 Å². The highest BCUT2D eigenvalue weighted by atomic mass is 16.8. The van der Waals surface area contributed by atoms with Crippen molar-refractivity contribution in [1.82, 2.24) is 5.32 Å². The summed E-state index contributed by atoms with van der Waals surface area (Å²) in [5.41, 5.74) is 0. The third-order valence-electron chi connectivity index (χ3n) is 21.6. The molecule has 12 N–H and O–H groups in total. The lowest BCUT2D eigenvalue weighted by Crippen LogP contribution is -2.66. The summed E-state index contributed by atoms with van der Waals surface area (Å²) < 4.78 is 34.6. The summed E-state index contributed by atoms with van der Waals surface area (Å²) in [6, 6.07) is -0.885. The van der Waals surface area contributed by atoms with Gasteiger partial charge < -0.3 is 89.9 Å². The predicted molar refractivity (Wildman–Crippen MR) is 402 cm³/mol. The number of nitrogens with one attached hydrogen (secondary N) is 1. The van der Waals surface area contributed by atoms with Crippen molar-refractivity contribution in [1.29, 1.82) is 0 Å². The summed E-state index contributed by atoms with van der Waals surface area (Å²) in [6.07, 6.45) is 48.8. The number of carbonyl (C=O) groups is 1. The standard InChI is InChI=1S/C82H157NO18/c1-3-5-7-9-11-13-15-17-19-21-23-25-27-28-29-30-31-32-33-34-35-36-38-40-42-44-46-48-50-52-54-56-58-60-70(88)83-65(66(87)59-57-55-53-51-49-47-45-43-41-39-37-26-24-22-20-18-16-14-12-10-8-6-4-2)64-96-80-76(94)73(91)78(68(62-85)98-80)101-82-77(95)74(92)79(69(63-86)99-82)100-81-75(93)72(90)71(89)67(61-84)97-81/h21,23,65-69,71-82,84-87,89-95H,3-20,22,24-64H2,1-2H3,(H,83,88)/b23-21-. The molecule has 598 valence electrons. The first kappa shape index (κ1) is 93.7. The largest absolute Gasteiger partial charge is 0.394 e. The number of rotatable bonds is 69. The van der Waals surface area contributed by atoms with E-state index in [1.165, 1.54) is 295 Å². The van der Waals surface area contributed by atoms with Crippen molar-refractivity contribution >= 4 is 5.91 Å². The van der Waals surface area contributed by atoms with Crippen molar-refractivity contribution in [3.05, 3.63) is 12.2 Å². The predicted octanol–water partition coefficient (Wildman–Crippen LogP) is 14.7. The maximum absolute atomic E-state index is 13.5. The average molecular weight is 1450 g/mol. The molecule has 0 bridgehead atoms. The molecular formula is C82H157NO18. The van der Waals surface area contributed by atoms with E-state index in [1.54, 1.807) is 0 Å². The Balaban J connectivity index is 1.33. The van der Waals surface area contributed by atoms with Crippen molar-refractivity contribution in [2.45, 2.75) is 478 Å². The number of hydrogen-bond acceptors (Lipinski definition) is 18. The molecule has 3 aliphatic rings. The molecule has 0 aromatic carbocycles. The highest BCUT2D eigenvalue weighted by Gasteiger charge is 2.54. The van der Waals surface area contributed by atoms with Gasteiger partial charge in [-0.25, -0.2) is 0 Å². The van der Waals surface area contributed by atoms with E-state index in [4.69, 9.17) is 28.4 Å². The van der Waals surface area contributed by atoms with Crippen LogP contribution in [0.25, 0.3) is 0 Å². The number of aliphatic hydroxyl groups excluding tert-OH is 11. The van der Waals surface area contributed by atoms with Crippen LogP contribution in [0, 0.1) is 0 Å². The topological polar surface area (TPSA) is 307 Å². The molecule has 3 aliphatic heterocycles. The fraction of sp³-hybridized carbons (Fsp3) is 0.963. The van der Waals surface area contributed by atoms with Crippen LogP contribution in [0.1, 0.15) is 373 Å². The summed E-state index contributed by atoms with van der Waals surface area (Å²) in [5, 5.41) is 121. The average Bonchev–Trinajstić information content (AvgIpc) is 0.783. The van der Waals surface area contributed by atoms with Gasteiger partial charge in [0.15, 0.2) is 18.9 Å². The first-order valence-electron chi connectivity index (χ1n) is 42.4. The van der Waals surface area contributed by atoms with E-state index in [0.717, 1.165) is 44.9 Å². The van der Waals surface area contributed by atoms with Crippen molar-refractivity contribution < 1.29 is 89.4 Å². The number of hydrogen-bond donors (Lipinski definition) is 12. The quantitative estimate of drug-likeness (QED) is 0.0199. The van der Waals surface area contributed by atoms with Crippen LogP contribution < -0.4 is 5.32 Å². The van der Waals surface area contributed by atoms with Gasteiger partial charge in [0.2, 0.25) is 5.91 Å². The molecule has 0 saturated carbocycles. The lowest BCUT2D eigenvalue weighted by Gasteiger charge is -2.48. The maximum atomic E-state index is 13.5. The lowest BCUT2D eigenvalue weighted by atomic mass is 9.96. The Morgan fingerprint density at radius 2 is 0.624 bits per heavy atom. The maximum Gasteiger partial charge on any atom is 0.220 e. The van der Waals surface area contributed by atoms with E-state index < -0.39 is 124 Å². The first-order chi connectivity index (χ1) is 49.3. The Morgan fingerprint density at radius 1 is 0.347 bits per heavy atom. The minimum atomic E-state index is -1.97. The zero-order chi connectivity index (χ0) is 73.2. The van der Waals surface area contributed by atoms with E-state index >= 15 is 0 Å². The van der Waals surface area contributed by atoms with Gasteiger partial charge in [0.25, 0.3) is 0 Å². The van der Waals surface area contributed by atoms with E-state index in [9.17, 15) is 61.0 Å². The van der Waals surface area contributed by atoms with Gasteiger partial charge in [0.05, 0.1) is 38.6 Å². The minimum absolute atomic E-state index is 0.233. The molecule has 19 nitrogen and oxygen atoms in total. The smallest absolute Gasteiger partial charge is 0.220 e. The Hall–Kier alpha value is -1.47. The van der Waals surface area contributed by atoms with Gasteiger partial charge in [-0.2, -0.15) is 0 Å². The van der Waals surface area contributed by atoms with E-state index in [-0.39, 0.29) is 18.9 Å². The highest BCUT2D eigenvalue weighted by Crippen LogP contribution is 2.34. The molecule has 0 aromatic heterocycles. The molecule has 101 heavy (non-hydrogen) atoms. The molecule has 1 amide bonds. The van der Waals surface area contributed by atoms with Crippen LogP contribution in [0.4, 0.5) is 0 Å². The van der Waals surface area contributed by atoms with Crippen LogP contribution in [-0.4, -0.2) is 193 Å². The van der Waals surface area contributed by atoms with Gasteiger partial charge in [0, 0.05) is 6.42 Å². The van der Waals surface area contributed by atoms with Gasteiger partial charge in [0.1, 0.15) is 73.2 Å². The second kappa shape index (κ2) is 63.5. The summed E-state index contributed by atoms with van der Waals surface area (Å²) in [7, 11) is 0. The zero-order valence-electron chi connectivity index (χ0n) is 64.2. The fourth-order valence-electron chi connectivity index (χ4n) is 14.8. The molecule has 17 atom stereocenters. The lowest BCUT2D eigenvalue weighted by molar-refractivity contribution is -0.379. The van der Waals surface area contributed by atoms with E-state index in [1.807, 2.05) is 0 Å². The number of allylic oxidation sites excluding steroid dienone is 2. The van der Waals surface area contributed by atoms with Gasteiger partial charge in [-0.15, -0.1) is 0 Å². The van der Waals surface area contributed by atoms with Crippen molar-refractivity contribution in [2.75, 3.05) is 26.4 Å². The van der Waals surface area contributed by atoms with Crippen molar-refractivity contribution in [3.8, 4) is 0 Å². The molecule has 17 unspecified atom stereocenters. The molecule has 3 fully saturated rings. The van der Waals surface area contributed by atoms with Crippen molar-refractivity contribution in [3.63, 3.8) is 0 Å². The van der Waals surface area contributed by atoms with E-state index in [0.29, 0.717) is 12.8 Å². The van der Waals surface area contributed by atoms with Gasteiger partial charge in [-0.05, 0) is 38.5 Å². The zero-order valence-corrected chi connectivity index (χ0v) is 64.2. The second-order valence-electron chi connectivity index (χ2n) is 30.7. The number of ether oxygens (including phenoxy) is 6.